The summed E-state index contributed by atoms with van der Waals surface area (Å²) in [5.74, 6) is 1.07. The molecule has 0 aliphatic heterocycles. The number of methoxy groups -OCH3 is 1. The SMILES string of the molecule is CCOc1ccc(/C=C/C(=O)Nc2cccc(-c3csc(-c4ccncc4)n3)c2)cc1OC. The molecule has 2 aromatic heterocycles. The van der Waals surface area contributed by atoms with E-state index in [0.29, 0.717) is 23.8 Å². The highest BCUT2D eigenvalue weighted by Gasteiger charge is 2.08. The largest absolute Gasteiger partial charge is 0.493 e. The van der Waals surface area contributed by atoms with E-state index in [2.05, 4.69) is 10.3 Å². The summed E-state index contributed by atoms with van der Waals surface area (Å²) in [7, 11) is 1.59. The number of ether oxygens (including phenoxy) is 2. The number of benzene rings is 2. The van der Waals surface area contributed by atoms with Gasteiger partial charge in [0.05, 0.1) is 19.4 Å². The molecule has 2 aromatic carbocycles. The number of hydrogen-bond donors (Lipinski definition) is 1. The lowest BCUT2D eigenvalue weighted by Gasteiger charge is -2.09. The van der Waals surface area contributed by atoms with Gasteiger partial charge in [-0.3, -0.25) is 9.78 Å². The Morgan fingerprint density at radius 1 is 1.06 bits per heavy atom. The zero-order chi connectivity index (χ0) is 23.0. The van der Waals surface area contributed by atoms with Crippen LogP contribution >= 0.6 is 11.3 Å². The molecule has 0 saturated carbocycles. The quantitative estimate of drug-likeness (QED) is 0.332. The number of aromatic nitrogens is 2. The number of carbonyl (C=O) groups is 1. The van der Waals surface area contributed by atoms with Crippen LogP contribution in [0.15, 0.2) is 78.4 Å². The molecule has 0 atom stereocenters. The maximum Gasteiger partial charge on any atom is 0.248 e. The molecule has 4 rings (SSSR count). The number of anilines is 1. The summed E-state index contributed by atoms with van der Waals surface area (Å²) in [5.41, 5.74) is 4.36. The van der Waals surface area contributed by atoms with Crippen molar-refractivity contribution in [1.29, 1.82) is 0 Å². The van der Waals surface area contributed by atoms with Crippen LogP contribution in [-0.2, 0) is 4.79 Å². The Morgan fingerprint density at radius 3 is 2.70 bits per heavy atom. The molecule has 166 valence electrons. The summed E-state index contributed by atoms with van der Waals surface area (Å²) in [6.45, 7) is 2.47. The van der Waals surface area contributed by atoms with Crippen LogP contribution in [-0.4, -0.2) is 29.6 Å². The minimum Gasteiger partial charge on any atom is -0.493 e. The van der Waals surface area contributed by atoms with E-state index in [4.69, 9.17) is 14.5 Å². The van der Waals surface area contributed by atoms with Gasteiger partial charge in [0.15, 0.2) is 11.5 Å². The van der Waals surface area contributed by atoms with Gasteiger partial charge in [-0.25, -0.2) is 4.98 Å². The molecule has 0 saturated heterocycles. The highest BCUT2D eigenvalue weighted by molar-refractivity contribution is 7.13. The summed E-state index contributed by atoms with van der Waals surface area (Å²) in [6.07, 6.45) is 6.73. The number of pyridine rings is 1. The van der Waals surface area contributed by atoms with E-state index in [1.807, 2.05) is 66.9 Å². The number of thiazole rings is 1. The molecular formula is C26H23N3O3S. The molecule has 1 N–H and O–H groups in total. The Balaban J connectivity index is 1.44. The molecule has 7 heteroatoms. The smallest absolute Gasteiger partial charge is 0.248 e. The monoisotopic (exact) mass is 457 g/mol. The molecule has 0 aliphatic carbocycles. The molecule has 0 bridgehead atoms. The van der Waals surface area contributed by atoms with E-state index in [1.165, 1.54) is 6.08 Å². The molecular weight excluding hydrogens is 434 g/mol. The van der Waals surface area contributed by atoms with Gasteiger partial charge >= 0.3 is 0 Å². The first-order valence-electron chi connectivity index (χ1n) is 10.4. The van der Waals surface area contributed by atoms with Gasteiger partial charge in [0.25, 0.3) is 0 Å². The Bertz CT molecular complexity index is 1270. The van der Waals surface area contributed by atoms with Crippen molar-refractivity contribution in [3.8, 4) is 33.3 Å². The second kappa shape index (κ2) is 10.6. The van der Waals surface area contributed by atoms with Gasteiger partial charge in [0, 0.05) is 40.7 Å². The number of nitrogens with one attached hydrogen (secondary N) is 1. The second-order valence-corrected chi connectivity index (χ2v) is 7.88. The molecule has 0 radical (unpaired) electrons. The van der Waals surface area contributed by atoms with E-state index in [1.54, 1.807) is 36.9 Å². The van der Waals surface area contributed by atoms with E-state index in [-0.39, 0.29) is 5.91 Å². The third kappa shape index (κ3) is 5.64. The summed E-state index contributed by atoms with van der Waals surface area (Å²) in [5, 5.41) is 5.84. The average molecular weight is 458 g/mol. The van der Waals surface area contributed by atoms with Crippen LogP contribution in [0.2, 0.25) is 0 Å². The van der Waals surface area contributed by atoms with Crippen LogP contribution in [0.25, 0.3) is 27.9 Å². The van der Waals surface area contributed by atoms with Gasteiger partial charge in [-0.05, 0) is 55.0 Å². The Kier molecular flexibility index (Phi) is 7.12. The number of amides is 1. The third-order valence-corrected chi connectivity index (χ3v) is 5.66. The molecule has 4 aromatic rings. The van der Waals surface area contributed by atoms with Gasteiger partial charge in [0.2, 0.25) is 5.91 Å². The molecule has 2 heterocycles. The molecule has 33 heavy (non-hydrogen) atoms. The number of hydrogen-bond acceptors (Lipinski definition) is 6. The zero-order valence-corrected chi connectivity index (χ0v) is 19.1. The van der Waals surface area contributed by atoms with Crippen LogP contribution in [0.5, 0.6) is 11.5 Å². The van der Waals surface area contributed by atoms with E-state index >= 15 is 0 Å². The van der Waals surface area contributed by atoms with Crippen LogP contribution in [0.3, 0.4) is 0 Å². The lowest BCUT2D eigenvalue weighted by atomic mass is 10.1. The molecule has 0 spiro atoms. The van der Waals surface area contributed by atoms with Crippen LogP contribution in [0.1, 0.15) is 12.5 Å². The van der Waals surface area contributed by atoms with Crippen LogP contribution in [0, 0.1) is 0 Å². The minimum atomic E-state index is -0.226. The van der Waals surface area contributed by atoms with Gasteiger partial charge < -0.3 is 14.8 Å². The number of carbonyl (C=O) groups excluding carboxylic acids is 1. The maximum absolute atomic E-state index is 12.5. The van der Waals surface area contributed by atoms with Crippen molar-refractivity contribution in [2.24, 2.45) is 0 Å². The summed E-state index contributed by atoms with van der Waals surface area (Å²) in [6, 6.07) is 17.1. The summed E-state index contributed by atoms with van der Waals surface area (Å²) in [4.78, 5) is 21.2. The van der Waals surface area contributed by atoms with Crippen molar-refractivity contribution in [3.05, 3.63) is 84.0 Å². The normalized spacial score (nSPS) is 10.8. The van der Waals surface area contributed by atoms with Gasteiger partial charge in [0.1, 0.15) is 5.01 Å². The topological polar surface area (TPSA) is 73.3 Å². The molecule has 0 aliphatic rings. The first kappa shape index (κ1) is 22.2. The average Bonchev–Trinajstić information content (AvgIpc) is 3.35. The Labute approximate surface area is 196 Å². The van der Waals surface area contributed by atoms with Crippen molar-refractivity contribution in [3.63, 3.8) is 0 Å². The molecule has 6 nitrogen and oxygen atoms in total. The fraction of sp³-hybridized carbons (Fsp3) is 0.115. The number of rotatable bonds is 8. The first-order chi connectivity index (χ1) is 16.2. The third-order valence-electron chi connectivity index (χ3n) is 4.77. The van der Waals surface area contributed by atoms with Crippen molar-refractivity contribution >= 4 is 29.0 Å². The van der Waals surface area contributed by atoms with Crippen molar-refractivity contribution < 1.29 is 14.3 Å². The second-order valence-electron chi connectivity index (χ2n) is 7.02. The van der Waals surface area contributed by atoms with E-state index in [9.17, 15) is 4.79 Å². The van der Waals surface area contributed by atoms with E-state index in [0.717, 1.165) is 27.4 Å². The fourth-order valence-electron chi connectivity index (χ4n) is 3.21. The van der Waals surface area contributed by atoms with Crippen LogP contribution in [0.4, 0.5) is 5.69 Å². The van der Waals surface area contributed by atoms with Gasteiger partial charge in [-0.2, -0.15) is 0 Å². The van der Waals surface area contributed by atoms with E-state index < -0.39 is 0 Å². The molecule has 1 amide bonds. The maximum atomic E-state index is 12.5. The van der Waals surface area contributed by atoms with Crippen molar-refractivity contribution in [1.82, 2.24) is 9.97 Å². The summed E-state index contributed by atoms with van der Waals surface area (Å²) >= 11 is 1.57. The van der Waals surface area contributed by atoms with Gasteiger partial charge in [-0.1, -0.05) is 18.2 Å². The fourth-order valence-corrected chi connectivity index (χ4v) is 4.04. The van der Waals surface area contributed by atoms with Crippen LogP contribution < -0.4 is 14.8 Å². The Hall–Kier alpha value is -3.97. The van der Waals surface area contributed by atoms with Crippen molar-refractivity contribution in [2.75, 3.05) is 19.0 Å². The predicted octanol–water partition coefficient (Wildman–Crippen LogP) is 5.93. The standard InChI is InChI=1S/C26H23N3O3S/c1-3-32-23-9-7-18(15-24(23)31-2)8-10-25(30)28-21-6-4-5-20(16-21)22-17-33-26(29-22)19-11-13-27-14-12-19/h4-17H,3H2,1-2H3,(H,28,30)/b10-8+. The first-order valence-corrected chi connectivity index (χ1v) is 11.3. The van der Waals surface area contributed by atoms with Gasteiger partial charge in [-0.15, -0.1) is 11.3 Å². The molecule has 0 fully saturated rings. The number of nitrogens with zero attached hydrogens (tertiary/aromatic N) is 2. The highest BCUT2D eigenvalue weighted by atomic mass is 32.1. The zero-order valence-electron chi connectivity index (χ0n) is 18.3. The lowest BCUT2D eigenvalue weighted by Crippen LogP contribution is -2.07. The minimum absolute atomic E-state index is 0.226. The van der Waals surface area contributed by atoms with Crippen molar-refractivity contribution in [2.45, 2.75) is 6.92 Å². The molecule has 0 unspecified atom stereocenters. The summed E-state index contributed by atoms with van der Waals surface area (Å²) < 4.78 is 10.9. The highest BCUT2D eigenvalue weighted by Crippen LogP contribution is 2.30. The Morgan fingerprint density at radius 2 is 1.91 bits per heavy atom. The lowest BCUT2D eigenvalue weighted by molar-refractivity contribution is -0.111. The predicted molar refractivity (Wildman–Crippen MR) is 133 cm³/mol.